The van der Waals surface area contributed by atoms with Crippen LogP contribution in [0.3, 0.4) is 0 Å². The highest BCUT2D eigenvalue weighted by Crippen LogP contribution is 2.50. The van der Waals surface area contributed by atoms with Gasteiger partial charge in [-0.3, -0.25) is 14.4 Å². The molecule has 6 heteroatoms. The van der Waals surface area contributed by atoms with E-state index in [0.29, 0.717) is 36.2 Å². The number of unbranched alkanes of at least 4 members (excludes halogenated alkanes) is 2. The van der Waals surface area contributed by atoms with Gasteiger partial charge in [-0.2, -0.15) is 0 Å². The summed E-state index contributed by atoms with van der Waals surface area (Å²) in [5, 5.41) is 9.56. The van der Waals surface area contributed by atoms with Gasteiger partial charge in [-0.25, -0.2) is 0 Å². The molecule has 2 heterocycles. The van der Waals surface area contributed by atoms with Crippen molar-refractivity contribution in [1.29, 1.82) is 0 Å². The Labute approximate surface area is 158 Å². The summed E-state index contributed by atoms with van der Waals surface area (Å²) in [5.74, 6) is -2.28. The first-order valence-electron chi connectivity index (χ1n) is 9.55. The van der Waals surface area contributed by atoms with Crippen molar-refractivity contribution in [3.8, 4) is 0 Å². The van der Waals surface area contributed by atoms with Crippen LogP contribution in [0.25, 0.3) is 0 Å². The predicted molar refractivity (Wildman–Crippen MR) is 97.3 cm³/mol. The van der Waals surface area contributed by atoms with E-state index in [-0.39, 0.29) is 11.6 Å². The van der Waals surface area contributed by atoms with Gasteiger partial charge in [-0.1, -0.05) is 19.8 Å². The molecule has 0 unspecified atom stereocenters. The van der Waals surface area contributed by atoms with E-state index >= 15 is 0 Å². The Kier molecular flexibility index (Phi) is 5.38. The lowest BCUT2D eigenvalue weighted by Gasteiger charge is -2.35. The maximum atomic E-state index is 12.8. The molecule has 0 aromatic rings. The number of ketones is 2. The number of Topliss-reactive ketones (excluding diaryl/α,β-unsaturated/α-hetero) is 1. The van der Waals surface area contributed by atoms with E-state index in [1.54, 1.807) is 19.9 Å². The number of hydrogen-bond donors (Lipinski definition) is 1. The summed E-state index contributed by atoms with van der Waals surface area (Å²) in [5.41, 5.74) is -0.128. The van der Waals surface area contributed by atoms with Crippen LogP contribution in [0, 0.1) is 11.8 Å². The molecule has 0 amide bonds. The predicted octanol–water partition coefficient (Wildman–Crippen LogP) is 2.76. The summed E-state index contributed by atoms with van der Waals surface area (Å²) in [6.07, 6.45) is 7.25. The van der Waals surface area contributed by atoms with Gasteiger partial charge in [-0.15, -0.1) is 0 Å². The summed E-state index contributed by atoms with van der Waals surface area (Å²) in [7, 11) is 0. The van der Waals surface area contributed by atoms with E-state index < -0.39 is 29.5 Å². The average Bonchev–Trinajstić information content (AvgIpc) is 2.86. The van der Waals surface area contributed by atoms with Crippen molar-refractivity contribution in [2.24, 2.45) is 11.8 Å². The fourth-order valence-electron chi connectivity index (χ4n) is 4.05. The van der Waals surface area contributed by atoms with Crippen LogP contribution >= 0.6 is 0 Å². The zero-order valence-corrected chi connectivity index (χ0v) is 16.0. The molecule has 0 bridgehead atoms. The maximum absolute atomic E-state index is 12.8. The molecule has 0 spiro atoms. The number of carbonyl (C=O) groups is 3. The average molecular weight is 374 g/mol. The molecule has 27 heavy (non-hydrogen) atoms. The number of esters is 1. The first-order chi connectivity index (χ1) is 12.8. The minimum absolute atomic E-state index is 0.184. The van der Waals surface area contributed by atoms with Gasteiger partial charge in [0.25, 0.3) is 0 Å². The summed E-state index contributed by atoms with van der Waals surface area (Å²) in [4.78, 5) is 38.0. The van der Waals surface area contributed by atoms with Gasteiger partial charge in [0.2, 0.25) is 0 Å². The van der Waals surface area contributed by atoms with Gasteiger partial charge < -0.3 is 14.6 Å². The second-order valence-corrected chi connectivity index (χ2v) is 7.73. The van der Waals surface area contributed by atoms with Crippen LogP contribution in [-0.2, 0) is 23.9 Å². The van der Waals surface area contributed by atoms with E-state index in [1.165, 1.54) is 12.3 Å². The van der Waals surface area contributed by atoms with Gasteiger partial charge >= 0.3 is 5.97 Å². The van der Waals surface area contributed by atoms with Crippen LogP contribution < -0.4 is 0 Å². The van der Waals surface area contributed by atoms with Crippen molar-refractivity contribution in [2.75, 3.05) is 0 Å². The Morgan fingerprint density at radius 1 is 1.30 bits per heavy atom. The highest BCUT2D eigenvalue weighted by atomic mass is 16.6. The van der Waals surface area contributed by atoms with Gasteiger partial charge in [0.15, 0.2) is 11.4 Å². The molecule has 6 nitrogen and oxygen atoms in total. The van der Waals surface area contributed by atoms with Crippen molar-refractivity contribution in [2.45, 2.75) is 64.6 Å². The second-order valence-electron chi connectivity index (χ2n) is 7.73. The van der Waals surface area contributed by atoms with Crippen molar-refractivity contribution >= 4 is 17.5 Å². The topological polar surface area (TPSA) is 89.9 Å². The number of fused-ring (bicyclic) bond motifs is 3. The molecule has 146 valence electrons. The van der Waals surface area contributed by atoms with Crippen molar-refractivity contribution in [3.63, 3.8) is 0 Å². The van der Waals surface area contributed by atoms with Crippen LogP contribution in [0.2, 0.25) is 0 Å². The molecule has 0 radical (unpaired) electrons. The number of ether oxygens (including phenoxy) is 2. The fourth-order valence-corrected chi connectivity index (χ4v) is 4.05. The molecule has 0 saturated carbocycles. The third-order valence-corrected chi connectivity index (χ3v) is 5.46. The SMILES string of the molecule is CCCCCC(=O)[C@@H]1C(=O)O[C@@]2(C)C(=O)C=C3C=C(C[C@H](C)O)OC=C3[C@@H]12. The maximum Gasteiger partial charge on any atom is 0.318 e. The van der Waals surface area contributed by atoms with Crippen LogP contribution in [-0.4, -0.2) is 34.3 Å². The normalized spacial score (nSPS) is 30.3. The zero-order chi connectivity index (χ0) is 19.8. The van der Waals surface area contributed by atoms with Crippen molar-refractivity contribution in [3.05, 3.63) is 35.3 Å². The van der Waals surface area contributed by atoms with E-state index in [1.807, 2.05) is 6.92 Å². The summed E-state index contributed by atoms with van der Waals surface area (Å²) >= 11 is 0. The fraction of sp³-hybridized carbons (Fsp3) is 0.571. The van der Waals surface area contributed by atoms with Gasteiger partial charge in [0.05, 0.1) is 18.3 Å². The molecule has 3 rings (SSSR count). The standard InChI is InChI=1S/C21H26O6/c1-4-5-6-7-16(23)18-19-15-11-26-14(8-12(2)22)9-13(15)10-17(24)21(19,3)27-20(18)25/h9-12,18-19,22H,4-8H2,1-3H3/t12-,18-,19-,21-/m0/s1. The number of aliphatic hydroxyl groups is 1. The monoisotopic (exact) mass is 374 g/mol. The van der Waals surface area contributed by atoms with Crippen LogP contribution in [0.5, 0.6) is 0 Å². The molecule has 1 aliphatic carbocycles. The molecule has 4 atom stereocenters. The molecule has 1 N–H and O–H groups in total. The Morgan fingerprint density at radius 2 is 2.04 bits per heavy atom. The van der Waals surface area contributed by atoms with Crippen molar-refractivity contribution in [1.82, 2.24) is 0 Å². The van der Waals surface area contributed by atoms with Gasteiger partial charge in [0, 0.05) is 18.4 Å². The number of rotatable bonds is 7. The minimum atomic E-state index is -1.38. The minimum Gasteiger partial charge on any atom is -0.469 e. The quantitative estimate of drug-likeness (QED) is 0.419. The van der Waals surface area contributed by atoms with Crippen molar-refractivity contribution < 1.29 is 29.0 Å². The number of hydrogen-bond acceptors (Lipinski definition) is 6. The Morgan fingerprint density at radius 3 is 2.70 bits per heavy atom. The van der Waals surface area contributed by atoms with Crippen LogP contribution in [0.1, 0.15) is 52.9 Å². The Balaban J connectivity index is 1.92. The number of allylic oxidation sites excluding steroid dienone is 2. The third-order valence-electron chi connectivity index (χ3n) is 5.46. The van der Waals surface area contributed by atoms with Crippen LogP contribution in [0.4, 0.5) is 0 Å². The summed E-state index contributed by atoms with van der Waals surface area (Å²) < 4.78 is 11.1. The van der Waals surface area contributed by atoms with Crippen LogP contribution in [0.15, 0.2) is 35.3 Å². The van der Waals surface area contributed by atoms with Gasteiger partial charge in [0.1, 0.15) is 17.5 Å². The molecule has 1 fully saturated rings. The molecule has 0 aromatic heterocycles. The molecule has 0 aromatic carbocycles. The van der Waals surface area contributed by atoms with E-state index in [9.17, 15) is 19.5 Å². The molecule has 3 aliphatic rings. The Hall–Kier alpha value is -2.21. The summed E-state index contributed by atoms with van der Waals surface area (Å²) in [6, 6.07) is 0. The molecule has 2 aliphatic heterocycles. The highest BCUT2D eigenvalue weighted by molar-refractivity contribution is 6.09. The second kappa shape index (κ2) is 7.43. The number of carbonyl (C=O) groups excluding carboxylic acids is 3. The highest BCUT2D eigenvalue weighted by Gasteiger charge is 2.62. The first-order valence-corrected chi connectivity index (χ1v) is 9.55. The smallest absolute Gasteiger partial charge is 0.318 e. The van der Waals surface area contributed by atoms with Gasteiger partial charge in [-0.05, 0) is 38.0 Å². The molecule has 1 saturated heterocycles. The van der Waals surface area contributed by atoms with E-state index in [4.69, 9.17) is 9.47 Å². The molecular weight excluding hydrogens is 348 g/mol. The summed E-state index contributed by atoms with van der Waals surface area (Å²) in [6.45, 7) is 5.26. The largest absolute Gasteiger partial charge is 0.469 e. The lowest BCUT2D eigenvalue weighted by Crippen LogP contribution is -2.46. The van der Waals surface area contributed by atoms with E-state index in [0.717, 1.165) is 12.8 Å². The van der Waals surface area contributed by atoms with E-state index in [2.05, 4.69) is 0 Å². The third kappa shape index (κ3) is 3.50. The Bertz CT molecular complexity index is 757. The number of aliphatic hydroxyl groups excluding tert-OH is 1. The lowest BCUT2D eigenvalue weighted by molar-refractivity contribution is -0.156. The lowest BCUT2D eigenvalue weighted by atomic mass is 9.67. The zero-order valence-electron chi connectivity index (χ0n) is 16.0. The first kappa shape index (κ1) is 19.5. The molecular formula is C21H26O6.